The third-order valence-electron chi connectivity index (χ3n) is 4.25. The molecule has 2 heterocycles. The Balaban J connectivity index is 1.68. The van der Waals surface area contributed by atoms with Crippen molar-refractivity contribution in [2.24, 2.45) is 0 Å². The van der Waals surface area contributed by atoms with Crippen LogP contribution in [0, 0.1) is 0 Å². The molecule has 0 unspecified atom stereocenters. The molecule has 0 spiro atoms. The van der Waals surface area contributed by atoms with Crippen molar-refractivity contribution in [1.82, 2.24) is 29.2 Å². The summed E-state index contributed by atoms with van der Waals surface area (Å²) in [4.78, 5) is 24.8. The van der Waals surface area contributed by atoms with Gasteiger partial charge in [-0.3, -0.25) is 13.9 Å². The van der Waals surface area contributed by atoms with Crippen LogP contribution in [0.5, 0.6) is 0 Å². The fourth-order valence-electron chi connectivity index (χ4n) is 2.98. The Morgan fingerprint density at radius 1 is 1.12 bits per heavy atom. The molecule has 1 amide bonds. The number of carbonyl (C=O) groups excluding carboxylic acids is 1. The van der Waals surface area contributed by atoms with Crippen molar-refractivity contribution in [3.05, 3.63) is 46.9 Å². The number of benzene rings is 1. The molecule has 2 aromatic heterocycles. The van der Waals surface area contributed by atoms with Gasteiger partial charge < -0.3 is 9.88 Å². The van der Waals surface area contributed by atoms with Crippen LogP contribution in [0.15, 0.2) is 35.4 Å². The smallest absolute Gasteiger partial charge is 0.329 e. The van der Waals surface area contributed by atoms with Crippen molar-refractivity contribution < 1.29 is 4.79 Å². The van der Waals surface area contributed by atoms with Crippen LogP contribution in [0.1, 0.15) is 19.7 Å². The molecule has 0 radical (unpaired) electrons. The highest BCUT2D eigenvalue weighted by atomic mass is 16.2. The van der Waals surface area contributed by atoms with E-state index in [4.69, 9.17) is 0 Å². The van der Waals surface area contributed by atoms with Crippen LogP contribution >= 0.6 is 0 Å². The van der Waals surface area contributed by atoms with E-state index in [0.29, 0.717) is 19.5 Å². The number of fused-ring (bicyclic) bond motifs is 1. The molecule has 0 aliphatic heterocycles. The maximum Gasteiger partial charge on any atom is 0.329 e. The van der Waals surface area contributed by atoms with E-state index in [2.05, 4.69) is 15.5 Å². The predicted octanol–water partition coefficient (Wildman–Crippen LogP) is 0.793. The van der Waals surface area contributed by atoms with Crippen molar-refractivity contribution >= 4 is 16.9 Å². The summed E-state index contributed by atoms with van der Waals surface area (Å²) in [6.45, 7) is 5.76. The zero-order valence-electron chi connectivity index (χ0n) is 14.5. The van der Waals surface area contributed by atoms with Crippen molar-refractivity contribution in [3.63, 3.8) is 0 Å². The van der Waals surface area contributed by atoms with E-state index < -0.39 is 0 Å². The minimum atomic E-state index is -0.191. The Morgan fingerprint density at radius 2 is 1.84 bits per heavy atom. The van der Waals surface area contributed by atoms with E-state index in [1.165, 1.54) is 4.57 Å². The van der Waals surface area contributed by atoms with Gasteiger partial charge in [-0.1, -0.05) is 12.1 Å². The van der Waals surface area contributed by atoms with E-state index in [1.54, 1.807) is 10.9 Å². The first-order valence-corrected chi connectivity index (χ1v) is 8.47. The van der Waals surface area contributed by atoms with Gasteiger partial charge in [0.1, 0.15) is 18.7 Å². The lowest BCUT2D eigenvalue weighted by molar-refractivity contribution is -0.121. The molecule has 0 aliphatic rings. The molecule has 1 aromatic carbocycles. The van der Waals surface area contributed by atoms with Crippen LogP contribution in [-0.4, -0.2) is 36.4 Å². The molecule has 3 aromatic rings. The maximum atomic E-state index is 12.5. The molecule has 0 saturated carbocycles. The van der Waals surface area contributed by atoms with Crippen LogP contribution in [0.3, 0.4) is 0 Å². The number of nitrogens with zero attached hydrogens (tertiary/aromatic N) is 5. The van der Waals surface area contributed by atoms with E-state index >= 15 is 0 Å². The average molecular weight is 342 g/mol. The van der Waals surface area contributed by atoms with Gasteiger partial charge in [0.2, 0.25) is 5.91 Å². The van der Waals surface area contributed by atoms with Gasteiger partial charge in [0.05, 0.1) is 11.0 Å². The van der Waals surface area contributed by atoms with Gasteiger partial charge in [-0.05, 0) is 26.0 Å². The second-order valence-corrected chi connectivity index (χ2v) is 5.73. The predicted molar refractivity (Wildman–Crippen MR) is 94.3 cm³/mol. The van der Waals surface area contributed by atoms with Crippen LogP contribution in [-0.2, 0) is 30.8 Å². The van der Waals surface area contributed by atoms with Crippen molar-refractivity contribution in [3.8, 4) is 0 Å². The lowest BCUT2D eigenvalue weighted by Gasteiger charge is -2.07. The van der Waals surface area contributed by atoms with Gasteiger partial charge in [0, 0.05) is 26.1 Å². The number of imidazole rings is 1. The Kier molecular flexibility index (Phi) is 4.97. The highest BCUT2D eigenvalue weighted by Crippen LogP contribution is 2.12. The third-order valence-corrected chi connectivity index (χ3v) is 4.25. The first-order chi connectivity index (χ1) is 12.2. The second-order valence-electron chi connectivity index (χ2n) is 5.73. The van der Waals surface area contributed by atoms with Gasteiger partial charge in [0.15, 0.2) is 0 Å². The summed E-state index contributed by atoms with van der Waals surface area (Å²) < 4.78 is 5.13. The molecule has 0 bridgehead atoms. The second kappa shape index (κ2) is 7.33. The van der Waals surface area contributed by atoms with Gasteiger partial charge in [-0.25, -0.2) is 4.79 Å². The van der Waals surface area contributed by atoms with Crippen LogP contribution in [0.25, 0.3) is 11.0 Å². The Hall–Kier alpha value is -2.90. The fourth-order valence-corrected chi connectivity index (χ4v) is 2.98. The monoisotopic (exact) mass is 342 g/mol. The fraction of sp³-hybridized carbons (Fsp3) is 0.412. The summed E-state index contributed by atoms with van der Waals surface area (Å²) >= 11 is 0. The summed E-state index contributed by atoms with van der Waals surface area (Å²) in [5.41, 5.74) is 1.46. The lowest BCUT2D eigenvalue weighted by Crippen LogP contribution is -2.34. The van der Waals surface area contributed by atoms with Crippen LogP contribution in [0.2, 0.25) is 0 Å². The molecule has 8 heteroatoms. The number of amides is 1. The molecule has 132 valence electrons. The number of nitrogens with one attached hydrogen (secondary N) is 1. The van der Waals surface area contributed by atoms with Gasteiger partial charge in [0.25, 0.3) is 0 Å². The minimum Gasteiger partial charge on any atom is -0.354 e. The SMILES string of the molecule is CCn1cnnc1CCNC(=O)Cn1c(=O)n(CC)c2ccccc21. The summed E-state index contributed by atoms with van der Waals surface area (Å²) in [6, 6.07) is 7.52. The zero-order chi connectivity index (χ0) is 17.8. The quantitative estimate of drug-likeness (QED) is 0.688. The van der Waals surface area contributed by atoms with Gasteiger partial charge in [-0.2, -0.15) is 0 Å². The number of aromatic nitrogens is 5. The summed E-state index contributed by atoms with van der Waals surface area (Å²) in [5, 5.41) is 10.8. The van der Waals surface area contributed by atoms with E-state index in [9.17, 15) is 9.59 Å². The van der Waals surface area contributed by atoms with Crippen LogP contribution in [0.4, 0.5) is 0 Å². The van der Waals surface area contributed by atoms with Gasteiger partial charge in [-0.15, -0.1) is 10.2 Å². The molecule has 25 heavy (non-hydrogen) atoms. The summed E-state index contributed by atoms with van der Waals surface area (Å²) in [7, 11) is 0. The first-order valence-electron chi connectivity index (χ1n) is 8.47. The molecule has 0 atom stereocenters. The Labute approximate surface area is 145 Å². The van der Waals surface area contributed by atoms with E-state index in [0.717, 1.165) is 23.4 Å². The molecule has 8 nitrogen and oxygen atoms in total. The minimum absolute atomic E-state index is 0.00676. The molecule has 0 aliphatic carbocycles. The lowest BCUT2D eigenvalue weighted by atomic mass is 10.3. The van der Waals surface area contributed by atoms with Crippen molar-refractivity contribution in [1.29, 1.82) is 0 Å². The number of rotatable bonds is 7. The summed E-state index contributed by atoms with van der Waals surface area (Å²) in [5.74, 6) is 0.645. The number of hydrogen-bond donors (Lipinski definition) is 1. The maximum absolute atomic E-state index is 12.5. The summed E-state index contributed by atoms with van der Waals surface area (Å²) in [6.07, 6.45) is 2.28. The standard InChI is InChI=1S/C17H22N6O2/c1-3-21-12-19-20-15(21)9-10-18-16(24)11-23-14-8-6-5-7-13(14)22(4-2)17(23)25/h5-8,12H,3-4,9-11H2,1-2H3,(H,18,24). The normalized spacial score (nSPS) is 11.1. The zero-order valence-corrected chi connectivity index (χ0v) is 14.5. The molecular weight excluding hydrogens is 320 g/mol. The van der Waals surface area contributed by atoms with E-state index in [-0.39, 0.29) is 18.1 Å². The molecule has 3 rings (SSSR count). The van der Waals surface area contributed by atoms with Crippen molar-refractivity contribution in [2.45, 2.75) is 39.9 Å². The highest BCUT2D eigenvalue weighted by Gasteiger charge is 2.14. The number of aryl methyl sites for hydroxylation is 2. The molecule has 0 saturated heterocycles. The van der Waals surface area contributed by atoms with Crippen LogP contribution < -0.4 is 11.0 Å². The highest BCUT2D eigenvalue weighted by molar-refractivity contribution is 5.80. The average Bonchev–Trinajstić information content (AvgIpc) is 3.18. The van der Waals surface area contributed by atoms with Gasteiger partial charge >= 0.3 is 5.69 Å². The topological polar surface area (TPSA) is 86.7 Å². The molecule has 0 fully saturated rings. The Bertz CT molecular complexity index is 936. The number of para-hydroxylation sites is 2. The number of carbonyl (C=O) groups is 1. The largest absolute Gasteiger partial charge is 0.354 e. The van der Waals surface area contributed by atoms with Crippen molar-refractivity contribution in [2.75, 3.05) is 6.54 Å². The Morgan fingerprint density at radius 3 is 2.52 bits per heavy atom. The number of hydrogen-bond acceptors (Lipinski definition) is 4. The first kappa shape index (κ1) is 16.9. The molecule has 1 N–H and O–H groups in total. The third kappa shape index (κ3) is 3.33. The molecular formula is C17H22N6O2. The van der Waals surface area contributed by atoms with E-state index in [1.807, 2.05) is 42.7 Å².